The number of hydrogen-bond acceptors (Lipinski definition) is 4. The molecule has 2 rings (SSSR count). The number of nitriles is 1. The summed E-state index contributed by atoms with van der Waals surface area (Å²) in [5, 5.41) is 19.0. The van der Waals surface area contributed by atoms with Crippen molar-refractivity contribution in [2.24, 2.45) is 0 Å². The van der Waals surface area contributed by atoms with Crippen LogP contribution in [0.4, 0.5) is 5.69 Å². The summed E-state index contributed by atoms with van der Waals surface area (Å²) in [6.45, 7) is 0. The first-order valence-electron chi connectivity index (χ1n) is 6.14. The van der Waals surface area contributed by atoms with E-state index in [0.29, 0.717) is 5.57 Å². The van der Waals surface area contributed by atoms with Crippen molar-refractivity contribution in [2.75, 3.05) is 12.4 Å². The zero-order chi connectivity index (χ0) is 14.5. The largest absolute Gasteiger partial charge is 0.388 e. The lowest BCUT2D eigenvalue weighted by Crippen LogP contribution is -2.10. The van der Waals surface area contributed by atoms with Gasteiger partial charge in [0.25, 0.3) is 0 Å². The second-order valence-corrected chi connectivity index (χ2v) is 4.32. The van der Waals surface area contributed by atoms with Crippen molar-refractivity contribution in [3.63, 3.8) is 0 Å². The molecule has 0 aliphatic rings. The van der Waals surface area contributed by atoms with Crippen molar-refractivity contribution in [1.29, 1.82) is 10.7 Å². The summed E-state index contributed by atoms with van der Waals surface area (Å²) >= 11 is 0. The Labute approximate surface area is 118 Å². The number of aromatic amines is 1. The molecule has 2 heterocycles. The molecule has 0 spiro atoms. The molecule has 0 radical (unpaired) electrons. The zero-order valence-electron chi connectivity index (χ0n) is 11.4. The van der Waals surface area contributed by atoms with E-state index in [0.717, 1.165) is 34.4 Å². The fraction of sp³-hybridized carbons (Fsp3) is 0.0714. The Kier molecular flexibility index (Phi) is 4.01. The Balaban J connectivity index is 2.36. The van der Waals surface area contributed by atoms with Gasteiger partial charge in [-0.05, 0) is 29.7 Å². The van der Waals surface area contributed by atoms with Crippen molar-refractivity contribution < 1.29 is 0 Å². The van der Waals surface area contributed by atoms with Gasteiger partial charge in [0.05, 0.1) is 17.0 Å². The third kappa shape index (κ3) is 2.78. The molecule has 2 aromatic heterocycles. The van der Waals surface area contributed by atoms with Gasteiger partial charge in [0.1, 0.15) is 13.9 Å². The fourth-order valence-electron chi connectivity index (χ4n) is 1.86. The Morgan fingerprint density at radius 1 is 1.55 bits per heavy atom. The minimum absolute atomic E-state index is 0.297. The van der Waals surface area contributed by atoms with Gasteiger partial charge in [0, 0.05) is 30.8 Å². The van der Waals surface area contributed by atoms with Gasteiger partial charge >= 0.3 is 0 Å². The molecule has 5 nitrogen and oxygen atoms in total. The molecular weight excluding hydrogens is 249 g/mol. The maximum Gasteiger partial charge on any atom is 0.144 e. The molecule has 0 aliphatic heterocycles. The molecule has 2 aromatic rings. The van der Waals surface area contributed by atoms with E-state index in [4.69, 9.17) is 10.7 Å². The van der Waals surface area contributed by atoms with Gasteiger partial charge in [-0.15, -0.1) is 0 Å². The number of hydrogen-bond donors (Lipinski definition) is 3. The van der Waals surface area contributed by atoms with E-state index < -0.39 is 0 Å². The number of nitrogens with one attached hydrogen (secondary N) is 3. The average Bonchev–Trinajstić information content (AvgIpc) is 2.93. The molecule has 0 atom stereocenters. The molecule has 0 fully saturated rings. The van der Waals surface area contributed by atoms with Crippen molar-refractivity contribution in [1.82, 2.24) is 9.97 Å². The van der Waals surface area contributed by atoms with E-state index in [1.54, 1.807) is 6.08 Å². The van der Waals surface area contributed by atoms with E-state index in [2.05, 4.69) is 15.3 Å². The van der Waals surface area contributed by atoms with Crippen molar-refractivity contribution in [3.8, 4) is 17.5 Å². The maximum absolute atomic E-state index is 8.81. The second-order valence-electron chi connectivity index (χ2n) is 4.32. The van der Waals surface area contributed by atoms with Crippen LogP contribution in [0.2, 0.25) is 0 Å². The Morgan fingerprint density at radius 3 is 3.00 bits per heavy atom. The highest BCUT2D eigenvalue weighted by atomic mass is 14.8. The molecule has 98 valence electrons. The average molecular weight is 263 g/mol. The number of nitrogens with zero attached hydrogens (tertiary/aromatic N) is 2. The van der Waals surface area contributed by atoms with Crippen LogP contribution >= 0.6 is 0 Å². The van der Waals surface area contributed by atoms with Gasteiger partial charge < -0.3 is 15.7 Å². The first kappa shape index (κ1) is 13.6. The van der Waals surface area contributed by atoms with Gasteiger partial charge in [0.15, 0.2) is 0 Å². The van der Waals surface area contributed by atoms with E-state index in [9.17, 15) is 0 Å². The zero-order valence-corrected chi connectivity index (χ0v) is 11.4. The quantitative estimate of drug-likeness (QED) is 0.435. The lowest BCUT2D eigenvalue weighted by Gasteiger charge is -2.06. The Morgan fingerprint density at radius 2 is 2.35 bits per heavy atom. The summed E-state index contributed by atoms with van der Waals surface area (Å²) in [5.74, 6) is 0. The summed E-state index contributed by atoms with van der Waals surface area (Å²) in [6, 6.07) is 7.68. The summed E-state index contributed by atoms with van der Waals surface area (Å²) in [4.78, 5) is 7.57. The smallest absolute Gasteiger partial charge is 0.144 e. The third-order valence-electron chi connectivity index (χ3n) is 2.95. The normalized spacial score (nSPS) is 10.9. The van der Waals surface area contributed by atoms with Crippen LogP contribution in [0.15, 0.2) is 30.0 Å². The topological polar surface area (TPSA) is 88.3 Å². The molecule has 3 N–H and O–H groups in total. The van der Waals surface area contributed by atoms with Crippen LogP contribution in [0.25, 0.3) is 17.5 Å². The van der Waals surface area contributed by atoms with Crippen molar-refractivity contribution in [3.05, 3.63) is 35.7 Å². The minimum atomic E-state index is 0.297. The molecule has 0 unspecified atom stereocenters. The Hall–Kier alpha value is -2.81. The van der Waals surface area contributed by atoms with Gasteiger partial charge in [-0.3, -0.25) is 4.98 Å². The molecule has 0 saturated heterocycles. The van der Waals surface area contributed by atoms with Crippen LogP contribution < -0.4 is 10.8 Å². The summed E-state index contributed by atoms with van der Waals surface area (Å²) < 4.78 is 0. The summed E-state index contributed by atoms with van der Waals surface area (Å²) in [7, 11) is 3.87. The highest BCUT2D eigenvalue weighted by Crippen LogP contribution is 2.19. The van der Waals surface area contributed by atoms with Crippen LogP contribution in [0.3, 0.4) is 0 Å². The van der Waals surface area contributed by atoms with Crippen LogP contribution in [-0.2, 0) is 0 Å². The van der Waals surface area contributed by atoms with Gasteiger partial charge in [-0.2, -0.15) is 5.26 Å². The number of anilines is 1. The van der Waals surface area contributed by atoms with Gasteiger partial charge in [-0.1, -0.05) is 0 Å². The van der Waals surface area contributed by atoms with Crippen LogP contribution in [0.5, 0.6) is 0 Å². The second kappa shape index (κ2) is 5.89. The number of aromatic nitrogens is 2. The number of pyridine rings is 1. The highest BCUT2D eigenvalue weighted by molar-refractivity contribution is 6.35. The number of H-pyrrole nitrogens is 1. The predicted molar refractivity (Wildman–Crippen MR) is 84.1 cm³/mol. The molecular formula is C14H14BN5. The first-order valence-corrected chi connectivity index (χ1v) is 6.14. The fourth-order valence-corrected chi connectivity index (χ4v) is 1.86. The third-order valence-corrected chi connectivity index (χ3v) is 2.95. The summed E-state index contributed by atoms with van der Waals surface area (Å²) in [6.07, 6.45) is 4.48. The predicted octanol–water partition coefficient (Wildman–Crippen LogP) is 0.933. The van der Waals surface area contributed by atoms with Crippen LogP contribution in [0.1, 0.15) is 5.69 Å². The standard InChI is InChI=1S/C14H14BN5/c1-18-13-5-14(19-8-11(13)15)12-3-2-10(20-12)4-9(6-16)7-17/h2-6,8,16,20H,15H2,1H3,(H,18,19)/b9-4+,16-6?. The van der Waals surface area contributed by atoms with E-state index in [1.165, 1.54) is 0 Å². The van der Waals surface area contributed by atoms with Crippen LogP contribution in [-0.4, -0.2) is 31.1 Å². The summed E-state index contributed by atoms with van der Waals surface area (Å²) in [5.41, 5.74) is 4.87. The van der Waals surface area contributed by atoms with E-state index >= 15 is 0 Å². The maximum atomic E-state index is 8.81. The van der Waals surface area contributed by atoms with Gasteiger partial charge in [0.2, 0.25) is 0 Å². The molecule has 0 bridgehead atoms. The van der Waals surface area contributed by atoms with Crippen molar-refractivity contribution in [2.45, 2.75) is 0 Å². The lowest BCUT2D eigenvalue weighted by atomic mass is 9.96. The SMILES string of the molecule is Bc1cnc(-c2ccc(/C=C(/C#N)C=N)[nH]2)cc1NC. The van der Waals surface area contributed by atoms with Crippen molar-refractivity contribution >= 4 is 31.3 Å². The van der Waals surface area contributed by atoms with Gasteiger partial charge in [-0.25, -0.2) is 0 Å². The molecule has 0 aliphatic carbocycles. The molecule has 0 saturated carbocycles. The van der Waals surface area contributed by atoms with Crippen LogP contribution in [0, 0.1) is 16.7 Å². The molecule has 0 aromatic carbocycles. The molecule has 6 heteroatoms. The molecule has 0 amide bonds. The van der Waals surface area contributed by atoms with E-state index in [1.807, 2.05) is 45.4 Å². The number of rotatable bonds is 4. The Bertz CT molecular complexity index is 709. The highest BCUT2D eigenvalue weighted by Gasteiger charge is 2.05. The van der Waals surface area contributed by atoms with E-state index in [-0.39, 0.29) is 0 Å². The number of allylic oxidation sites excluding steroid dienone is 1. The minimum Gasteiger partial charge on any atom is -0.388 e. The monoisotopic (exact) mass is 263 g/mol. The first-order chi connectivity index (χ1) is 9.67. The lowest BCUT2D eigenvalue weighted by molar-refractivity contribution is 1.28. The molecule has 20 heavy (non-hydrogen) atoms.